The highest BCUT2D eigenvalue weighted by atomic mass is 28.3. The molecule has 0 bridgehead atoms. The number of rotatable bonds is 3. The molecule has 1 nitrogen and oxygen atoms in total. The number of nitrogens with zero attached hydrogens (tertiary/aromatic N) is 1. The zero-order valence-electron chi connectivity index (χ0n) is 13.4. The maximum Gasteiger partial charge on any atom is 0.112 e. The third-order valence-electron chi connectivity index (χ3n) is 4.87. The van der Waals surface area contributed by atoms with Gasteiger partial charge in [0.25, 0.3) is 0 Å². The first kappa shape index (κ1) is 14.4. The summed E-state index contributed by atoms with van der Waals surface area (Å²) in [4.78, 5) is 2.56. The highest BCUT2D eigenvalue weighted by Crippen LogP contribution is 2.24. The van der Waals surface area contributed by atoms with Gasteiger partial charge in [-0.1, -0.05) is 65.9 Å². The second kappa shape index (κ2) is 5.68. The summed E-state index contributed by atoms with van der Waals surface area (Å²) in [6.07, 6.45) is 2.67. The topological polar surface area (TPSA) is 3.24 Å². The van der Waals surface area contributed by atoms with E-state index in [9.17, 15) is 0 Å². The van der Waals surface area contributed by atoms with E-state index in [1.807, 2.05) is 0 Å². The van der Waals surface area contributed by atoms with Crippen LogP contribution in [0.15, 0.2) is 48.5 Å². The number of benzene rings is 2. The van der Waals surface area contributed by atoms with Crippen molar-refractivity contribution >= 4 is 24.1 Å². The Kier molecular flexibility index (Phi) is 3.90. The Hall–Kier alpha value is -1.54. The maximum atomic E-state index is 2.56. The average molecular weight is 296 g/mol. The Morgan fingerprint density at radius 3 is 2.19 bits per heavy atom. The predicted octanol–water partition coefficient (Wildman–Crippen LogP) is 3.42. The number of anilines is 1. The first-order valence-corrected chi connectivity index (χ1v) is 11.0. The van der Waals surface area contributed by atoms with Crippen LogP contribution in [0.1, 0.15) is 18.4 Å². The van der Waals surface area contributed by atoms with E-state index in [0.717, 1.165) is 0 Å². The summed E-state index contributed by atoms with van der Waals surface area (Å²) < 4.78 is 0. The molecular weight excluding hydrogens is 270 g/mol. The summed E-state index contributed by atoms with van der Waals surface area (Å²) in [5.74, 6) is 0. The van der Waals surface area contributed by atoms with E-state index < -0.39 is 8.07 Å². The normalized spacial score (nSPS) is 15.5. The fourth-order valence-electron chi connectivity index (χ4n) is 3.32. The van der Waals surface area contributed by atoms with E-state index in [-0.39, 0.29) is 0 Å². The van der Waals surface area contributed by atoms with E-state index >= 15 is 0 Å². The molecule has 0 atom stereocenters. The van der Waals surface area contributed by atoms with Gasteiger partial charge in [0.1, 0.15) is 8.07 Å². The molecule has 0 unspecified atom stereocenters. The molecule has 2 aromatic rings. The Bertz CT molecular complexity index is 613. The summed E-state index contributed by atoms with van der Waals surface area (Å²) in [5.41, 5.74) is 2.88. The fourth-order valence-corrected chi connectivity index (χ4v) is 5.68. The molecule has 0 radical (unpaired) electrons. The molecule has 110 valence electrons. The zero-order chi connectivity index (χ0) is 14.9. The minimum Gasteiger partial charge on any atom is -0.371 e. The summed E-state index contributed by atoms with van der Waals surface area (Å²) in [7, 11) is -1.59. The van der Waals surface area contributed by atoms with Crippen molar-refractivity contribution < 1.29 is 0 Å². The van der Waals surface area contributed by atoms with Gasteiger partial charge in [-0.3, -0.25) is 0 Å². The SMILES string of the molecule is Cc1ccc([Si](C)(C)c2ccccc2)cc1N1CCCC1. The monoisotopic (exact) mass is 295 g/mol. The lowest BCUT2D eigenvalue weighted by molar-refractivity contribution is 0.949. The summed E-state index contributed by atoms with van der Waals surface area (Å²) in [6.45, 7) is 9.60. The molecule has 1 saturated heterocycles. The van der Waals surface area contributed by atoms with Crippen LogP contribution in [-0.2, 0) is 0 Å². The van der Waals surface area contributed by atoms with Crippen molar-refractivity contribution in [2.75, 3.05) is 18.0 Å². The molecule has 21 heavy (non-hydrogen) atoms. The van der Waals surface area contributed by atoms with Crippen molar-refractivity contribution in [2.24, 2.45) is 0 Å². The molecule has 1 heterocycles. The van der Waals surface area contributed by atoms with Gasteiger partial charge < -0.3 is 4.90 Å². The van der Waals surface area contributed by atoms with Crippen LogP contribution >= 0.6 is 0 Å². The molecule has 2 aromatic carbocycles. The molecular formula is C19H25NSi. The highest BCUT2D eigenvalue weighted by Gasteiger charge is 2.27. The molecule has 2 heteroatoms. The van der Waals surface area contributed by atoms with Crippen LogP contribution in [0.2, 0.25) is 13.1 Å². The first-order chi connectivity index (χ1) is 10.1. The summed E-state index contributed by atoms with van der Waals surface area (Å²) >= 11 is 0. The Morgan fingerprint density at radius 2 is 1.52 bits per heavy atom. The third-order valence-corrected chi connectivity index (χ3v) is 8.40. The van der Waals surface area contributed by atoms with Gasteiger partial charge in [0.2, 0.25) is 0 Å². The first-order valence-electron chi connectivity index (χ1n) is 8.00. The molecule has 0 spiro atoms. The quantitative estimate of drug-likeness (QED) is 0.784. The highest BCUT2D eigenvalue weighted by molar-refractivity contribution is 7.00. The fraction of sp³-hybridized carbons (Fsp3) is 0.368. The molecule has 0 aromatic heterocycles. The lowest BCUT2D eigenvalue weighted by Gasteiger charge is -2.27. The van der Waals surface area contributed by atoms with Crippen molar-refractivity contribution in [3.63, 3.8) is 0 Å². The van der Waals surface area contributed by atoms with E-state index in [4.69, 9.17) is 0 Å². The van der Waals surface area contributed by atoms with Crippen LogP contribution in [0, 0.1) is 6.92 Å². The largest absolute Gasteiger partial charge is 0.371 e. The minimum absolute atomic E-state index is 1.22. The van der Waals surface area contributed by atoms with Crippen molar-refractivity contribution in [1.82, 2.24) is 0 Å². The van der Waals surface area contributed by atoms with Gasteiger partial charge in [-0.25, -0.2) is 0 Å². The minimum atomic E-state index is -1.59. The van der Waals surface area contributed by atoms with Crippen LogP contribution in [0.3, 0.4) is 0 Å². The number of hydrogen-bond donors (Lipinski definition) is 0. The van der Waals surface area contributed by atoms with Gasteiger partial charge in [0, 0.05) is 18.8 Å². The van der Waals surface area contributed by atoms with Crippen molar-refractivity contribution in [2.45, 2.75) is 32.9 Å². The van der Waals surface area contributed by atoms with Gasteiger partial charge in [-0.15, -0.1) is 0 Å². The van der Waals surface area contributed by atoms with Gasteiger partial charge >= 0.3 is 0 Å². The maximum absolute atomic E-state index is 2.56. The summed E-state index contributed by atoms with van der Waals surface area (Å²) in [6, 6.07) is 18.2. The summed E-state index contributed by atoms with van der Waals surface area (Å²) in [5, 5.41) is 3.06. The molecule has 1 fully saturated rings. The zero-order valence-corrected chi connectivity index (χ0v) is 14.4. The van der Waals surface area contributed by atoms with Crippen molar-refractivity contribution in [1.29, 1.82) is 0 Å². The van der Waals surface area contributed by atoms with Crippen molar-refractivity contribution in [3.05, 3.63) is 54.1 Å². The molecule has 0 saturated carbocycles. The van der Waals surface area contributed by atoms with Gasteiger partial charge in [-0.2, -0.15) is 0 Å². The van der Waals surface area contributed by atoms with Gasteiger partial charge in [0.15, 0.2) is 0 Å². The van der Waals surface area contributed by atoms with Crippen LogP contribution in [0.25, 0.3) is 0 Å². The standard InChI is InChI=1S/C19H25NSi/c1-16-11-12-18(15-19(16)20-13-7-8-14-20)21(2,3)17-9-5-4-6-10-17/h4-6,9-12,15H,7-8,13-14H2,1-3H3. The second-order valence-electron chi connectivity index (χ2n) is 6.69. The molecule has 1 aliphatic rings. The van der Waals surface area contributed by atoms with Gasteiger partial charge in [-0.05, 0) is 31.4 Å². The van der Waals surface area contributed by atoms with Crippen LogP contribution in [0.4, 0.5) is 5.69 Å². The number of aryl methyl sites for hydroxylation is 1. The average Bonchev–Trinajstić information content (AvgIpc) is 3.02. The van der Waals surface area contributed by atoms with Crippen LogP contribution in [0.5, 0.6) is 0 Å². The lowest BCUT2D eigenvalue weighted by Crippen LogP contribution is -2.52. The Balaban J connectivity index is 2.00. The van der Waals surface area contributed by atoms with E-state index in [1.165, 1.54) is 42.4 Å². The van der Waals surface area contributed by atoms with E-state index in [1.54, 1.807) is 5.19 Å². The number of hydrogen-bond acceptors (Lipinski definition) is 1. The van der Waals surface area contributed by atoms with Crippen molar-refractivity contribution in [3.8, 4) is 0 Å². The van der Waals surface area contributed by atoms with Crippen LogP contribution in [-0.4, -0.2) is 21.2 Å². The third kappa shape index (κ3) is 2.77. The molecule has 1 aliphatic heterocycles. The Labute approximate surface area is 129 Å². The molecule has 0 N–H and O–H groups in total. The second-order valence-corrected chi connectivity index (χ2v) is 11.1. The lowest BCUT2D eigenvalue weighted by atomic mass is 10.2. The van der Waals surface area contributed by atoms with E-state index in [2.05, 4.69) is 73.4 Å². The van der Waals surface area contributed by atoms with E-state index in [0.29, 0.717) is 0 Å². The molecule has 0 amide bonds. The molecule has 0 aliphatic carbocycles. The predicted molar refractivity (Wildman–Crippen MR) is 95.8 cm³/mol. The Morgan fingerprint density at radius 1 is 0.857 bits per heavy atom. The van der Waals surface area contributed by atoms with Gasteiger partial charge in [0.05, 0.1) is 0 Å². The van der Waals surface area contributed by atoms with Crippen LogP contribution < -0.4 is 15.3 Å². The smallest absolute Gasteiger partial charge is 0.112 e. The molecule has 3 rings (SSSR count).